The topological polar surface area (TPSA) is 66.0 Å². The van der Waals surface area contributed by atoms with Crippen LogP contribution in [0.4, 0.5) is 5.82 Å². The molecular formula is C8H11BN4. The summed E-state index contributed by atoms with van der Waals surface area (Å²) in [5, 5.41) is 7.67. The standard InChI is InChI=1S/C8H11BN4/c1-13(2)8(11)6-3-5(9)4-12-7(6)10/h3-4,11H,1-2H3,(H2,10,12). The van der Waals surface area contributed by atoms with Crippen LogP contribution in [0.25, 0.3) is 0 Å². The molecule has 0 fully saturated rings. The normalized spacial score (nSPS) is 9.69. The molecule has 0 aliphatic rings. The number of anilines is 1. The number of hydrogen-bond donors (Lipinski definition) is 2. The Hall–Kier alpha value is -1.52. The van der Waals surface area contributed by atoms with Crippen LogP contribution in [-0.4, -0.2) is 37.7 Å². The zero-order chi connectivity index (χ0) is 10.0. The van der Waals surface area contributed by atoms with Gasteiger partial charge in [0.25, 0.3) is 0 Å². The van der Waals surface area contributed by atoms with Crippen LogP contribution in [0, 0.1) is 5.41 Å². The number of nitrogens with two attached hydrogens (primary N) is 1. The molecule has 13 heavy (non-hydrogen) atoms. The molecule has 1 aromatic rings. The maximum absolute atomic E-state index is 7.67. The predicted octanol–water partition coefficient (Wildman–Crippen LogP) is -0.655. The van der Waals surface area contributed by atoms with Crippen LogP contribution in [0.1, 0.15) is 5.56 Å². The number of nitrogens with zero attached hydrogens (tertiary/aromatic N) is 2. The molecule has 1 heterocycles. The number of hydrogen-bond acceptors (Lipinski definition) is 3. The van der Waals surface area contributed by atoms with Crippen molar-refractivity contribution in [2.75, 3.05) is 19.8 Å². The third-order valence-corrected chi connectivity index (χ3v) is 1.64. The van der Waals surface area contributed by atoms with Gasteiger partial charge in [0.1, 0.15) is 19.5 Å². The van der Waals surface area contributed by atoms with E-state index in [0.29, 0.717) is 22.7 Å². The van der Waals surface area contributed by atoms with Crippen LogP contribution in [-0.2, 0) is 0 Å². The first kappa shape index (κ1) is 9.57. The lowest BCUT2D eigenvalue weighted by molar-refractivity contribution is 0.619. The van der Waals surface area contributed by atoms with Gasteiger partial charge in [0.15, 0.2) is 0 Å². The van der Waals surface area contributed by atoms with Gasteiger partial charge in [-0.25, -0.2) is 4.98 Å². The number of pyridine rings is 1. The second kappa shape index (κ2) is 3.47. The molecule has 0 amide bonds. The number of amidine groups is 1. The first-order valence-electron chi connectivity index (χ1n) is 3.79. The van der Waals surface area contributed by atoms with Crippen LogP contribution in [0.15, 0.2) is 12.3 Å². The molecule has 1 aromatic heterocycles. The van der Waals surface area contributed by atoms with E-state index in [2.05, 4.69) is 4.98 Å². The third-order valence-electron chi connectivity index (χ3n) is 1.64. The SMILES string of the molecule is [B]c1cnc(N)c(C(=N)N(C)C)c1. The van der Waals surface area contributed by atoms with E-state index in [1.165, 1.54) is 6.20 Å². The Kier molecular flexibility index (Phi) is 2.56. The van der Waals surface area contributed by atoms with E-state index in [-0.39, 0.29) is 0 Å². The largest absolute Gasteiger partial charge is 0.383 e. The van der Waals surface area contributed by atoms with Crippen molar-refractivity contribution in [2.24, 2.45) is 0 Å². The van der Waals surface area contributed by atoms with Gasteiger partial charge in [-0.15, -0.1) is 0 Å². The van der Waals surface area contributed by atoms with Crippen molar-refractivity contribution >= 4 is 25.0 Å². The summed E-state index contributed by atoms with van der Waals surface area (Å²) in [6.07, 6.45) is 1.47. The monoisotopic (exact) mass is 174 g/mol. The zero-order valence-corrected chi connectivity index (χ0v) is 7.70. The highest BCUT2D eigenvalue weighted by Crippen LogP contribution is 2.06. The Balaban J connectivity index is 3.13. The Morgan fingerprint density at radius 3 is 2.77 bits per heavy atom. The van der Waals surface area contributed by atoms with Gasteiger partial charge in [-0.3, -0.25) is 5.41 Å². The average Bonchev–Trinajstić information content (AvgIpc) is 2.08. The van der Waals surface area contributed by atoms with Crippen molar-refractivity contribution in [2.45, 2.75) is 0 Å². The van der Waals surface area contributed by atoms with Gasteiger partial charge in [-0.1, -0.05) is 11.5 Å². The fourth-order valence-electron chi connectivity index (χ4n) is 0.922. The van der Waals surface area contributed by atoms with Crippen LogP contribution in [0.3, 0.4) is 0 Å². The molecule has 0 aliphatic carbocycles. The lowest BCUT2D eigenvalue weighted by Gasteiger charge is -2.15. The summed E-state index contributed by atoms with van der Waals surface area (Å²) in [7, 11) is 9.07. The van der Waals surface area contributed by atoms with Crippen molar-refractivity contribution in [3.8, 4) is 0 Å². The highest BCUT2D eigenvalue weighted by Gasteiger charge is 2.08. The molecule has 1 rings (SSSR count). The maximum Gasteiger partial charge on any atom is 0.134 e. The molecule has 66 valence electrons. The minimum absolute atomic E-state index is 0.303. The molecule has 0 atom stereocenters. The number of nitrogen functional groups attached to an aromatic ring is 1. The molecular weight excluding hydrogens is 163 g/mol. The maximum atomic E-state index is 7.67. The van der Waals surface area contributed by atoms with E-state index < -0.39 is 0 Å². The fraction of sp³-hybridized carbons (Fsp3) is 0.250. The van der Waals surface area contributed by atoms with Gasteiger partial charge < -0.3 is 10.6 Å². The van der Waals surface area contributed by atoms with Crippen molar-refractivity contribution in [1.29, 1.82) is 5.41 Å². The van der Waals surface area contributed by atoms with Gasteiger partial charge in [-0.2, -0.15) is 0 Å². The fourth-order valence-corrected chi connectivity index (χ4v) is 0.922. The van der Waals surface area contributed by atoms with Crippen molar-refractivity contribution < 1.29 is 0 Å². The zero-order valence-electron chi connectivity index (χ0n) is 7.70. The molecule has 0 aromatic carbocycles. The van der Waals surface area contributed by atoms with E-state index in [4.69, 9.17) is 19.0 Å². The quantitative estimate of drug-likeness (QED) is 0.337. The minimum atomic E-state index is 0.303. The van der Waals surface area contributed by atoms with Crippen molar-refractivity contribution in [1.82, 2.24) is 9.88 Å². The highest BCUT2D eigenvalue weighted by molar-refractivity contribution is 6.32. The lowest BCUT2D eigenvalue weighted by Crippen LogP contribution is -2.25. The summed E-state index contributed by atoms with van der Waals surface area (Å²) >= 11 is 0. The molecule has 0 aliphatic heterocycles. The molecule has 0 spiro atoms. The first-order valence-corrected chi connectivity index (χ1v) is 3.79. The first-order chi connectivity index (χ1) is 6.02. The Bertz CT molecular complexity index is 335. The average molecular weight is 174 g/mol. The van der Waals surface area contributed by atoms with Gasteiger partial charge in [0, 0.05) is 20.3 Å². The van der Waals surface area contributed by atoms with Gasteiger partial charge in [-0.05, 0) is 0 Å². The summed E-state index contributed by atoms with van der Waals surface area (Å²) in [6.45, 7) is 0. The Morgan fingerprint density at radius 1 is 1.62 bits per heavy atom. The lowest BCUT2D eigenvalue weighted by atomic mass is 9.96. The predicted molar refractivity (Wildman–Crippen MR) is 54.6 cm³/mol. The molecule has 3 N–H and O–H groups in total. The number of aromatic nitrogens is 1. The highest BCUT2D eigenvalue weighted by atomic mass is 15.1. The van der Waals surface area contributed by atoms with Crippen molar-refractivity contribution in [3.05, 3.63) is 17.8 Å². The van der Waals surface area contributed by atoms with E-state index in [0.717, 1.165) is 0 Å². The number of nitrogens with one attached hydrogen (secondary N) is 1. The minimum Gasteiger partial charge on any atom is -0.383 e. The molecule has 4 nitrogen and oxygen atoms in total. The van der Waals surface area contributed by atoms with Crippen LogP contribution >= 0.6 is 0 Å². The van der Waals surface area contributed by atoms with Crippen LogP contribution < -0.4 is 11.2 Å². The molecule has 2 radical (unpaired) electrons. The molecule has 5 heteroatoms. The van der Waals surface area contributed by atoms with E-state index in [1.807, 2.05) is 0 Å². The smallest absolute Gasteiger partial charge is 0.134 e. The Morgan fingerprint density at radius 2 is 2.23 bits per heavy atom. The van der Waals surface area contributed by atoms with Gasteiger partial charge in [0.05, 0.1) is 5.56 Å². The second-order valence-corrected chi connectivity index (χ2v) is 2.94. The summed E-state index contributed by atoms with van der Waals surface area (Å²) in [6, 6.07) is 1.64. The van der Waals surface area contributed by atoms with E-state index in [1.54, 1.807) is 25.1 Å². The van der Waals surface area contributed by atoms with Gasteiger partial charge >= 0.3 is 0 Å². The van der Waals surface area contributed by atoms with Crippen molar-refractivity contribution in [3.63, 3.8) is 0 Å². The second-order valence-electron chi connectivity index (χ2n) is 2.94. The Labute approximate surface area is 78.7 Å². The summed E-state index contributed by atoms with van der Waals surface area (Å²) in [5.41, 5.74) is 6.66. The van der Waals surface area contributed by atoms with Crippen LogP contribution in [0.2, 0.25) is 0 Å². The summed E-state index contributed by atoms with van der Waals surface area (Å²) in [4.78, 5) is 5.51. The van der Waals surface area contributed by atoms with Crippen LogP contribution in [0.5, 0.6) is 0 Å². The third kappa shape index (κ3) is 1.99. The van der Waals surface area contributed by atoms with Gasteiger partial charge in [0.2, 0.25) is 0 Å². The van der Waals surface area contributed by atoms with E-state index >= 15 is 0 Å². The molecule has 0 saturated heterocycles. The van der Waals surface area contributed by atoms with E-state index in [9.17, 15) is 0 Å². The molecule has 0 saturated carbocycles. The molecule has 0 bridgehead atoms. The number of rotatable bonds is 1. The molecule has 0 unspecified atom stereocenters. The summed E-state index contributed by atoms with van der Waals surface area (Å²) < 4.78 is 0. The summed E-state index contributed by atoms with van der Waals surface area (Å²) in [5.74, 6) is 0.630.